The fourth-order valence-electron chi connectivity index (χ4n) is 2.80. The highest BCUT2D eigenvalue weighted by molar-refractivity contribution is 8.18. The molecule has 0 bridgehead atoms. The maximum atomic E-state index is 12.4. The molecule has 1 saturated heterocycles. The van der Waals surface area contributed by atoms with Gasteiger partial charge in [0.05, 0.1) is 19.8 Å². The number of amides is 2. The van der Waals surface area contributed by atoms with Crippen LogP contribution in [0.25, 0.3) is 6.08 Å². The van der Waals surface area contributed by atoms with Crippen LogP contribution in [0.5, 0.6) is 0 Å². The molecule has 0 atom stereocenters. The predicted molar refractivity (Wildman–Crippen MR) is 110 cm³/mol. The minimum absolute atomic E-state index is 0.120. The second-order valence-electron chi connectivity index (χ2n) is 6.22. The van der Waals surface area contributed by atoms with Crippen molar-refractivity contribution in [2.45, 2.75) is 30.5 Å². The maximum Gasteiger partial charge on any atom is 0.293 e. The van der Waals surface area contributed by atoms with E-state index in [0.29, 0.717) is 4.91 Å². The van der Waals surface area contributed by atoms with Crippen molar-refractivity contribution in [3.8, 4) is 0 Å². The summed E-state index contributed by atoms with van der Waals surface area (Å²) in [5.74, 6) is -0.201. The summed E-state index contributed by atoms with van der Waals surface area (Å²) in [5.41, 5.74) is 2.31. The van der Waals surface area contributed by atoms with E-state index in [1.54, 1.807) is 23.1 Å². The van der Waals surface area contributed by atoms with Crippen LogP contribution in [0, 0.1) is 0 Å². The van der Waals surface area contributed by atoms with Gasteiger partial charge in [0.15, 0.2) is 0 Å². The predicted octanol–water partition coefficient (Wildman–Crippen LogP) is 5.57. The van der Waals surface area contributed by atoms with Gasteiger partial charge in [0.2, 0.25) is 0 Å². The van der Waals surface area contributed by atoms with Crippen molar-refractivity contribution in [1.29, 1.82) is 0 Å². The molecule has 1 aromatic carbocycles. The van der Waals surface area contributed by atoms with Gasteiger partial charge in [0.25, 0.3) is 11.1 Å². The van der Waals surface area contributed by atoms with E-state index in [1.807, 2.05) is 50.3 Å². The summed E-state index contributed by atoms with van der Waals surface area (Å²) in [7, 11) is 0. The van der Waals surface area contributed by atoms with Crippen molar-refractivity contribution < 1.29 is 9.59 Å². The third-order valence-electron chi connectivity index (χ3n) is 4.01. The highest BCUT2D eigenvalue weighted by Crippen LogP contribution is 2.38. The van der Waals surface area contributed by atoms with Crippen molar-refractivity contribution >= 4 is 62.8 Å². The minimum atomic E-state index is -0.201. The molecule has 2 amide bonds. The summed E-state index contributed by atoms with van der Waals surface area (Å²) in [6.45, 7) is 3.69. The number of fused-ring (bicyclic) bond motifs is 1. The second kappa shape index (κ2) is 7.06. The van der Waals surface area contributed by atoms with Gasteiger partial charge < -0.3 is 0 Å². The van der Waals surface area contributed by atoms with Gasteiger partial charge in [-0.3, -0.25) is 14.5 Å². The van der Waals surface area contributed by atoms with Gasteiger partial charge in [0.1, 0.15) is 0 Å². The number of hydrogen-bond donors (Lipinski definition) is 0. The Bertz CT molecular complexity index is 959. The van der Waals surface area contributed by atoms with Gasteiger partial charge in [-0.15, -0.1) is 11.3 Å². The number of benzene rings is 1. The molecule has 3 heterocycles. The Labute approximate surface area is 164 Å². The Balaban J connectivity index is 1.48. The molecule has 4 rings (SSSR count). The van der Waals surface area contributed by atoms with Crippen LogP contribution in [0.3, 0.4) is 0 Å². The average Bonchev–Trinajstić information content (AvgIpc) is 3.26. The van der Waals surface area contributed by atoms with Crippen LogP contribution in [0.4, 0.5) is 10.5 Å². The number of rotatable bonds is 3. The molecule has 0 spiro atoms. The molecule has 1 aromatic heterocycles. The molecule has 26 heavy (non-hydrogen) atoms. The first-order chi connectivity index (χ1) is 12.5. The van der Waals surface area contributed by atoms with Crippen molar-refractivity contribution in [3.63, 3.8) is 0 Å². The van der Waals surface area contributed by atoms with Gasteiger partial charge in [-0.2, -0.15) is 0 Å². The lowest BCUT2D eigenvalue weighted by atomic mass is 10.2. The fourth-order valence-corrected chi connectivity index (χ4v) is 5.99. The molecular formula is C19H16N2O2S3. The lowest BCUT2D eigenvalue weighted by Crippen LogP contribution is -2.34. The lowest BCUT2D eigenvalue weighted by molar-refractivity contribution is -0.123. The zero-order valence-electron chi connectivity index (χ0n) is 14.3. The van der Waals surface area contributed by atoms with Crippen LogP contribution >= 0.6 is 34.9 Å². The molecule has 0 aliphatic carbocycles. The first kappa shape index (κ1) is 17.6. The Hall–Kier alpha value is -1.83. The molecule has 0 unspecified atom stereocenters. The van der Waals surface area contributed by atoms with Crippen molar-refractivity contribution in [2.24, 2.45) is 4.99 Å². The minimum Gasteiger partial charge on any atom is -0.268 e. The number of thioether (sulfide) groups is 2. The van der Waals surface area contributed by atoms with E-state index in [-0.39, 0.29) is 17.2 Å². The molecule has 0 radical (unpaired) electrons. The Morgan fingerprint density at radius 3 is 2.73 bits per heavy atom. The number of carbonyl (C=O) groups excluding carboxylic acids is 2. The Kier molecular flexibility index (Phi) is 4.77. The number of hydrogen-bond acceptors (Lipinski definition) is 6. The molecule has 132 valence electrons. The Morgan fingerprint density at radius 1 is 1.19 bits per heavy atom. The molecule has 2 aliphatic rings. The van der Waals surface area contributed by atoms with Crippen LogP contribution in [-0.2, 0) is 11.2 Å². The maximum absolute atomic E-state index is 12.4. The number of imide groups is 1. The van der Waals surface area contributed by atoms with Gasteiger partial charge in [0, 0.05) is 17.3 Å². The van der Waals surface area contributed by atoms with E-state index in [2.05, 4.69) is 11.1 Å². The van der Waals surface area contributed by atoms with E-state index in [4.69, 9.17) is 0 Å². The van der Waals surface area contributed by atoms with Crippen LogP contribution in [0.15, 0.2) is 50.5 Å². The standard InChI is InChI=1S/C19H16N2O2S3/c1-11(2)21-18(22)15(25-19(21)23)10-13-7-8-17(24-13)26-16-9-12-5-3-4-6-14(12)20-16/h3-8,10-11H,9H2,1-2H3/b15-10-. The van der Waals surface area contributed by atoms with Crippen LogP contribution in [-0.4, -0.2) is 27.1 Å². The van der Waals surface area contributed by atoms with Crippen molar-refractivity contribution in [2.75, 3.05) is 0 Å². The summed E-state index contributed by atoms with van der Waals surface area (Å²) in [4.78, 5) is 31.8. The van der Waals surface area contributed by atoms with E-state index in [9.17, 15) is 9.59 Å². The van der Waals surface area contributed by atoms with Crippen molar-refractivity contribution in [3.05, 3.63) is 51.7 Å². The smallest absolute Gasteiger partial charge is 0.268 e. The molecular weight excluding hydrogens is 384 g/mol. The number of thiophene rings is 1. The topological polar surface area (TPSA) is 49.7 Å². The summed E-state index contributed by atoms with van der Waals surface area (Å²) >= 11 is 4.29. The van der Waals surface area contributed by atoms with E-state index >= 15 is 0 Å². The van der Waals surface area contributed by atoms with Gasteiger partial charge >= 0.3 is 0 Å². The Morgan fingerprint density at radius 2 is 2.00 bits per heavy atom. The average molecular weight is 401 g/mol. The first-order valence-electron chi connectivity index (χ1n) is 8.21. The normalized spacial score (nSPS) is 18.2. The number of para-hydroxylation sites is 1. The third-order valence-corrected chi connectivity index (χ3v) is 7.03. The molecule has 4 nitrogen and oxygen atoms in total. The number of carbonyl (C=O) groups is 2. The molecule has 7 heteroatoms. The lowest BCUT2D eigenvalue weighted by Gasteiger charge is -2.16. The van der Waals surface area contributed by atoms with Gasteiger partial charge in [-0.05, 0) is 55.4 Å². The van der Waals surface area contributed by atoms with E-state index < -0.39 is 0 Å². The first-order valence-corrected chi connectivity index (χ1v) is 10.7. The van der Waals surface area contributed by atoms with Gasteiger partial charge in [-0.1, -0.05) is 30.0 Å². The summed E-state index contributed by atoms with van der Waals surface area (Å²) in [6, 6.07) is 12.1. The van der Waals surface area contributed by atoms with Crippen molar-refractivity contribution in [1.82, 2.24) is 4.90 Å². The number of aliphatic imine (C=N–C) groups is 1. The number of nitrogens with zero attached hydrogens (tertiary/aromatic N) is 2. The highest BCUT2D eigenvalue weighted by Gasteiger charge is 2.36. The molecule has 0 saturated carbocycles. The molecule has 2 aromatic rings. The van der Waals surface area contributed by atoms with Crippen LogP contribution < -0.4 is 0 Å². The summed E-state index contributed by atoms with van der Waals surface area (Å²) in [6.07, 6.45) is 2.68. The van der Waals surface area contributed by atoms with Crippen LogP contribution in [0.1, 0.15) is 24.3 Å². The largest absolute Gasteiger partial charge is 0.293 e. The summed E-state index contributed by atoms with van der Waals surface area (Å²) in [5, 5.41) is 0.889. The molecule has 0 N–H and O–H groups in total. The van der Waals surface area contributed by atoms with Gasteiger partial charge in [-0.25, -0.2) is 4.99 Å². The fraction of sp³-hybridized carbons (Fsp3) is 0.211. The SMILES string of the molecule is CC(C)N1C(=O)S/C(=C\c2ccc(SC3=Nc4ccccc4C3)s2)C1=O. The summed E-state index contributed by atoms with van der Waals surface area (Å²) < 4.78 is 1.13. The van der Waals surface area contributed by atoms with Crippen LogP contribution in [0.2, 0.25) is 0 Å². The van der Waals surface area contributed by atoms with E-state index in [0.717, 1.165) is 38.0 Å². The quantitative estimate of drug-likeness (QED) is 0.632. The zero-order chi connectivity index (χ0) is 18.3. The monoisotopic (exact) mass is 400 g/mol. The third kappa shape index (κ3) is 3.39. The molecule has 1 fully saturated rings. The molecule has 2 aliphatic heterocycles. The highest BCUT2D eigenvalue weighted by atomic mass is 32.2. The zero-order valence-corrected chi connectivity index (χ0v) is 16.7. The second-order valence-corrected chi connectivity index (χ2v) is 9.70. The van der Waals surface area contributed by atoms with E-state index in [1.165, 1.54) is 10.5 Å².